The molecule has 0 unspecified atom stereocenters. The molecule has 2 amide bonds. The Bertz CT molecular complexity index is 543. The second kappa shape index (κ2) is 6.44. The minimum atomic E-state index is 0.0348. The van der Waals surface area contributed by atoms with E-state index in [1.807, 2.05) is 24.1 Å². The molecule has 0 aliphatic carbocycles. The number of carbonyl (C=O) groups is 1. The fraction of sp³-hybridized carbons (Fsp3) is 0.533. The van der Waals surface area contributed by atoms with Gasteiger partial charge in [-0.3, -0.25) is 0 Å². The van der Waals surface area contributed by atoms with Crippen LogP contribution in [0.1, 0.15) is 18.5 Å². The van der Waals surface area contributed by atoms with Crippen LogP contribution in [0.2, 0.25) is 0 Å². The number of aromatic nitrogens is 1. The van der Waals surface area contributed by atoms with Gasteiger partial charge in [0.1, 0.15) is 6.07 Å². The average molecular weight is 287 g/mol. The van der Waals surface area contributed by atoms with Crippen molar-refractivity contribution in [2.24, 2.45) is 0 Å². The second-order valence-electron chi connectivity index (χ2n) is 5.49. The van der Waals surface area contributed by atoms with Crippen LogP contribution in [-0.4, -0.2) is 61.1 Å². The molecule has 6 nitrogen and oxygen atoms in total. The molecule has 0 radical (unpaired) electrons. The molecule has 1 aliphatic rings. The summed E-state index contributed by atoms with van der Waals surface area (Å²) in [6.45, 7) is 1.66. The van der Waals surface area contributed by atoms with E-state index in [0.717, 1.165) is 31.6 Å². The molecule has 0 atom stereocenters. The Labute approximate surface area is 125 Å². The van der Waals surface area contributed by atoms with Crippen molar-refractivity contribution in [3.8, 4) is 6.07 Å². The van der Waals surface area contributed by atoms with Gasteiger partial charge in [0, 0.05) is 46.5 Å². The van der Waals surface area contributed by atoms with Crippen molar-refractivity contribution in [3.63, 3.8) is 0 Å². The van der Waals surface area contributed by atoms with Gasteiger partial charge < -0.3 is 14.7 Å². The van der Waals surface area contributed by atoms with Gasteiger partial charge in [-0.25, -0.2) is 9.78 Å². The highest BCUT2D eigenvalue weighted by atomic mass is 16.2. The Balaban J connectivity index is 2.01. The average Bonchev–Trinajstić information content (AvgIpc) is 2.53. The largest absolute Gasteiger partial charge is 0.369 e. The van der Waals surface area contributed by atoms with Crippen molar-refractivity contribution in [1.82, 2.24) is 14.8 Å². The Morgan fingerprint density at radius 3 is 2.62 bits per heavy atom. The predicted molar refractivity (Wildman–Crippen MR) is 81.0 cm³/mol. The molecule has 112 valence electrons. The Hall–Kier alpha value is -2.29. The summed E-state index contributed by atoms with van der Waals surface area (Å²) >= 11 is 0. The number of piperidine rings is 1. The second-order valence-corrected chi connectivity index (χ2v) is 5.49. The van der Waals surface area contributed by atoms with E-state index in [2.05, 4.69) is 16.0 Å². The molecule has 2 heterocycles. The van der Waals surface area contributed by atoms with Crippen LogP contribution in [0, 0.1) is 11.3 Å². The van der Waals surface area contributed by atoms with Crippen molar-refractivity contribution in [3.05, 3.63) is 24.0 Å². The van der Waals surface area contributed by atoms with Crippen LogP contribution < -0.4 is 4.90 Å². The number of rotatable bonds is 2. The van der Waals surface area contributed by atoms with Gasteiger partial charge in [0.05, 0.1) is 5.69 Å². The first kappa shape index (κ1) is 15.1. The molecule has 0 N–H and O–H groups in total. The first-order valence-corrected chi connectivity index (χ1v) is 7.08. The molecule has 2 rings (SSSR count). The highest BCUT2D eigenvalue weighted by Crippen LogP contribution is 2.24. The predicted octanol–water partition coefficient (Wildman–Crippen LogP) is 1.54. The molecular weight excluding hydrogens is 266 g/mol. The smallest absolute Gasteiger partial charge is 0.319 e. The van der Waals surface area contributed by atoms with E-state index in [1.165, 1.54) is 0 Å². The third-order valence-corrected chi connectivity index (χ3v) is 3.93. The lowest BCUT2D eigenvalue weighted by Crippen LogP contribution is -2.48. The van der Waals surface area contributed by atoms with Gasteiger partial charge in [-0.1, -0.05) is 0 Å². The van der Waals surface area contributed by atoms with E-state index in [1.54, 1.807) is 25.2 Å². The Morgan fingerprint density at radius 2 is 2.05 bits per heavy atom. The Kier molecular flexibility index (Phi) is 4.63. The quantitative estimate of drug-likeness (QED) is 0.827. The minimum absolute atomic E-state index is 0.0348. The van der Waals surface area contributed by atoms with Gasteiger partial charge in [0.2, 0.25) is 0 Å². The maximum absolute atomic E-state index is 12.0. The van der Waals surface area contributed by atoms with Crippen molar-refractivity contribution in [2.75, 3.05) is 39.1 Å². The van der Waals surface area contributed by atoms with Crippen molar-refractivity contribution in [2.45, 2.75) is 18.9 Å². The molecule has 0 saturated carbocycles. The fourth-order valence-electron chi connectivity index (χ4n) is 2.70. The lowest BCUT2D eigenvalue weighted by molar-refractivity contribution is 0.155. The number of nitriles is 1. The third-order valence-electron chi connectivity index (χ3n) is 3.93. The van der Waals surface area contributed by atoms with E-state index in [9.17, 15) is 4.79 Å². The zero-order valence-corrected chi connectivity index (χ0v) is 12.8. The summed E-state index contributed by atoms with van der Waals surface area (Å²) in [6.07, 6.45) is 3.43. The van der Waals surface area contributed by atoms with Gasteiger partial charge in [0.25, 0.3) is 0 Å². The van der Waals surface area contributed by atoms with E-state index in [4.69, 9.17) is 5.26 Å². The minimum Gasteiger partial charge on any atom is -0.369 e. The fourth-order valence-corrected chi connectivity index (χ4v) is 2.70. The first-order chi connectivity index (χ1) is 10.0. The number of hydrogen-bond donors (Lipinski definition) is 0. The van der Waals surface area contributed by atoms with Crippen LogP contribution in [-0.2, 0) is 0 Å². The molecule has 21 heavy (non-hydrogen) atoms. The summed E-state index contributed by atoms with van der Waals surface area (Å²) in [7, 11) is 5.39. The summed E-state index contributed by atoms with van der Waals surface area (Å²) in [5.41, 5.74) is 1.36. The molecule has 1 aliphatic heterocycles. The van der Waals surface area contributed by atoms with Gasteiger partial charge >= 0.3 is 6.03 Å². The van der Waals surface area contributed by atoms with Crippen LogP contribution in [0.5, 0.6) is 0 Å². The van der Waals surface area contributed by atoms with E-state index < -0.39 is 0 Å². The highest BCUT2D eigenvalue weighted by molar-refractivity contribution is 5.73. The maximum Gasteiger partial charge on any atom is 0.319 e. The molecule has 1 fully saturated rings. The van der Waals surface area contributed by atoms with Crippen LogP contribution in [0.15, 0.2) is 18.3 Å². The number of anilines is 1. The van der Waals surface area contributed by atoms with Crippen molar-refractivity contribution >= 4 is 11.7 Å². The molecule has 0 spiro atoms. The lowest BCUT2D eigenvalue weighted by Gasteiger charge is -2.38. The summed E-state index contributed by atoms with van der Waals surface area (Å²) in [5, 5.41) is 9.13. The summed E-state index contributed by atoms with van der Waals surface area (Å²) in [6, 6.07) is 6.20. The maximum atomic E-state index is 12.0. The van der Waals surface area contributed by atoms with Crippen molar-refractivity contribution < 1.29 is 4.79 Å². The van der Waals surface area contributed by atoms with E-state index in [-0.39, 0.29) is 12.1 Å². The zero-order chi connectivity index (χ0) is 15.4. The monoisotopic (exact) mass is 287 g/mol. The van der Waals surface area contributed by atoms with Crippen molar-refractivity contribution in [1.29, 1.82) is 5.26 Å². The van der Waals surface area contributed by atoms with Crippen LogP contribution >= 0.6 is 0 Å². The van der Waals surface area contributed by atoms with E-state index in [0.29, 0.717) is 5.69 Å². The van der Waals surface area contributed by atoms with Gasteiger partial charge in [-0.15, -0.1) is 0 Å². The number of carbonyl (C=O) groups excluding carboxylic acids is 1. The molecule has 1 saturated heterocycles. The molecule has 1 aromatic heterocycles. The number of pyridine rings is 1. The topological polar surface area (TPSA) is 63.5 Å². The molecule has 1 aromatic rings. The molecule has 6 heteroatoms. The number of amides is 2. The summed E-state index contributed by atoms with van der Waals surface area (Å²) in [4.78, 5) is 21.7. The molecular formula is C15H21N5O. The summed E-state index contributed by atoms with van der Waals surface area (Å²) < 4.78 is 0. The summed E-state index contributed by atoms with van der Waals surface area (Å²) in [5.74, 6) is 0. The first-order valence-electron chi connectivity index (χ1n) is 7.08. The normalized spacial score (nSPS) is 15.4. The zero-order valence-electron chi connectivity index (χ0n) is 12.8. The van der Waals surface area contributed by atoms with Gasteiger partial charge in [-0.05, 0) is 25.0 Å². The lowest BCUT2D eigenvalue weighted by atomic mass is 10.0. The molecule has 0 aromatic carbocycles. The van der Waals surface area contributed by atoms with E-state index >= 15 is 0 Å². The standard InChI is InChI=1S/C15H21N5O/c1-18(2)15(21)19(3)12-6-9-20(10-7-12)14-5-4-8-17-13(14)11-16/h4-5,8,12H,6-7,9-10H2,1-3H3. The number of nitrogens with zero attached hydrogens (tertiary/aromatic N) is 5. The van der Waals surface area contributed by atoms with Crippen LogP contribution in [0.3, 0.4) is 0 Å². The third kappa shape index (κ3) is 3.24. The van der Waals surface area contributed by atoms with Crippen LogP contribution in [0.25, 0.3) is 0 Å². The highest BCUT2D eigenvalue weighted by Gasteiger charge is 2.27. The molecule has 0 bridgehead atoms. The number of urea groups is 1. The van der Waals surface area contributed by atoms with Gasteiger partial charge in [0.15, 0.2) is 5.69 Å². The Morgan fingerprint density at radius 1 is 1.38 bits per heavy atom. The van der Waals surface area contributed by atoms with Gasteiger partial charge in [-0.2, -0.15) is 5.26 Å². The number of hydrogen-bond acceptors (Lipinski definition) is 4. The SMILES string of the molecule is CN(C)C(=O)N(C)C1CCN(c2cccnc2C#N)CC1. The van der Waals surface area contributed by atoms with Crippen LogP contribution in [0.4, 0.5) is 10.5 Å².